The van der Waals surface area contributed by atoms with Gasteiger partial charge in [-0.3, -0.25) is 0 Å². The van der Waals surface area contributed by atoms with Crippen molar-refractivity contribution in [1.82, 2.24) is 4.90 Å². The average molecular weight is 423 g/mol. The van der Waals surface area contributed by atoms with E-state index in [0.29, 0.717) is 21.9 Å². The number of carbonyl (C=O) groups is 3. The highest BCUT2D eigenvalue weighted by atomic mass is 32.2. The van der Waals surface area contributed by atoms with Gasteiger partial charge in [0.25, 0.3) is 0 Å². The molecule has 0 saturated carbocycles. The number of methoxy groups -OCH3 is 1. The number of nitrogens with one attached hydrogen (secondary N) is 1. The molecule has 0 aliphatic carbocycles. The first-order chi connectivity index (χ1) is 13.9. The van der Waals surface area contributed by atoms with Gasteiger partial charge in [0.05, 0.1) is 7.11 Å². The van der Waals surface area contributed by atoms with Gasteiger partial charge in [0.15, 0.2) is 0 Å². The first-order valence-corrected chi connectivity index (χ1v) is 10.2. The third kappa shape index (κ3) is 7.22. The Labute approximate surface area is 173 Å². The molecule has 2 unspecified atom stereocenters. The number of amides is 3. The fourth-order valence-corrected chi connectivity index (χ4v) is 2.82. The normalized spacial score (nSPS) is 12.2. The van der Waals surface area contributed by atoms with Gasteiger partial charge < -0.3 is 14.8 Å². The second-order valence-corrected chi connectivity index (χ2v) is 6.88. The molecule has 0 spiro atoms. The number of carbonyl (C=O) groups excluding carboxylic acids is 3. The Bertz CT molecular complexity index is 725. The number of ether oxygens (including phenoxy) is 2. The van der Waals surface area contributed by atoms with Gasteiger partial charge in [0.2, 0.25) is 0 Å². The van der Waals surface area contributed by atoms with Crippen LogP contribution >= 0.6 is 11.8 Å². The Morgan fingerprint density at radius 3 is 2.48 bits per heavy atom. The summed E-state index contributed by atoms with van der Waals surface area (Å²) in [5, 5.41) is 5.50. The lowest BCUT2D eigenvalue weighted by Crippen LogP contribution is -2.51. The van der Waals surface area contributed by atoms with Crippen LogP contribution in [-0.2, 0) is 14.3 Å². The highest BCUT2D eigenvalue weighted by Gasteiger charge is 2.36. The SMILES string of the molecule is C=CCOC(=O)N(C(=O)Nc1ccc(C(C)N=O)cc1)C(CCSC)C(=O)OC. The number of esters is 1. The molecule has 1 N–H and O–H groups in total. The number of anilines is 1. The highest BCUT2D eigenvalue weighted by molar-refractivity contribution is 7.98. The quantitative estimate of drug-likeness (QED) is 0.344. The molecule has 0 aliphatic heterocycles. The summed E-state index contributed by atoms with van der Waals surface area (Å²) in [5.74, 6) is -0.213. The zero-order valence-electron chi connectivity index (χ0n) is 16.6. The van der Waals surface area contributed by atoms with E-state index < -0.39 is 30.2 Å². The summed E-state index contributed by atoms with van der Waals surface area (Å²) < 4.78 is 9.74. The van der Waals surface area contributed by atoms with Gasteiger partial charge in [-0.1, -0.05) is 30.0 Å². The summed E-state index contributed by atoms with van der Waals surface area (Å²) in [6, 6.07) is 3.88. The van der Waals surface area contributed by atoms with E-state index in [9.17, 15) is 19.3 Å². The smallest absolute Gasteiger partial charge is 0.419 e. The maximum absolute atomic E-state index is 12.8. The minimum absolute atomic E-state index is 0.121. The molecular formula is C19H25N3O6S. The van der Waals surface area contributed by atoms with Crippen molar-refractivity contribution in [3.8, 4) is 0 Å². The third-order valence-corrected chi connectivity index (χ3v) is 4.57. The lowest BCUT2D eigenvalue weighted by Gasteiger charge is -2.27. The van der Waals surface area contributed by atoms with Crippen LogP contribution in [0.1, 0.15) is 24.9 Å². The van der Waals surface area contributed by atoms with Gasteiger partial charge >= 0.3 is 18.1 Å². The molecule has 0 radical (unpaired) electrons. The average Bonchev–Trinajstić information content (AvgIpc) is 2.74. The molecule has 158 valence electrons. The molecule has 1 rings (SSSR count). The van der Waals surface area contributed by atoms with Crippen molar-refractivity contribution in [2.75, 3.05) is 31.0 Å². The van der Waals surface area contributed by atoms with Crippen LogP contribution in [0.2, 0.25) is 0 Å². The molecule has 10 heteroatoms. The van der Waals surface area contributed by atoms with Crippen LogP contribution in [0, 0.1) is 4.91 Å². The predicted molar refractivity (Wildman–Crippen MR) is 112 cm³/mol. The van der Waals surface area contributed by atoms with Crippen LogP contribution < -0.4 is 5.32 Å². The minimum Gasteiger partial charge on any atom is -0.467 e. The number of imide groups is 1. The van der Waals surface area contributed by atoms with Crippen molar-refractivity contribution in [1.29, 1.82) is 0 Å². The molecule has 29 heavy (non-hydrogen) atoms. The maximum atomic E-state index is 12.8. The molecule has 0 saturated heterocycles. The van der Waals surface area contributed by atoms with Gasteiger partial charge in [-0.05, 0) is 43.0 Å². The van der Waals surface area contributed by atoms with E-state index in [1.807, 2.05) is 6.26 Å². The zero-order valence-corrected chi connectivity index (χ0v) is 17.4. The molecule has 1 aromatic rings. The van der Waals surface area contributed by atoms with Crippen LogP contribution in [0.4, 0.5) is 15.3 Å². The Morgan fingerprint density at radius 2 is 1.97 bits per heavy atom. The molecule has 0 fully saturated rings. The standard InChI is InChI=1S/C19H25N3O6S/c1-5-11-28-19(25)22(16(10-12-29-4)17(23)27-3)18(24)20-15-8-6-14(7-9-15)13(2)21-26/h5-9,13,16H,1,10-12H2,2-4H3,(H,20,24). The van der Waals surface area contributed by atoms with Gasteiger partial charge in [-0.25, -0.2) is 19.3 Å². The molecule has 3 amide bonds. The lowest BCUT2D eigenvalue weighted by molar-refractivity contribution is -0.145. The fraction of sp³-hybridized carbons (Fsp3) is 0.421. The van der Waals surface area contributed by atoms with Crippen molar-refractivity contribution in [2.24, 2.45) is 5.18 Å². The topological polar surface area (TPSA) is 114 Å². The monoisotopic (exact) mass is 423 g/mol. The van der Waals surface area contributed by atoms with Crippen molar-refractivity contribution in [3.05, 3.63) is 47.4 Å². The number of hydrogen-bond acceptors (Lipinski definition) is 8. The molecule has 1 aromatic carbocycles. The summed E-state index contributed by atoms with van der Waals surface area (Å²) in [7, 11) is 1.18. The molecule has 0 aromatic heterocycles. The number of nitroso groups, excluding NO2 is 1. The lowest BCUT2D eigenvalue weighted by atomic mass is 10.1. The zero-order chi connectivity index (χ0) is 21.8. The van der Waals surface area contributed by atoms with E-state index in [2.05, 4.69) is 17.1 Å². The molecule has 0 aliphatic rings. The van der Waals surface area contributed by atoms with Crippen molar-refractivity contribution in [2.45, 2.75) is 25.4 Å². The first-order valence-electron chi connectivity index (χ1n) is 8.76. The first kappa shape index (κ1) is 24.2. The Balaban J connectivity index is 3.10. The molecular weight excluding hydrogens is 398 g/mol. The van der Waals surface area contributed by atoms with E-state index in [4.69, 9.17) is 9.47 Å². The van der Waals surface area contributed by atoms with E-state index in [1.54, 1.807) is 31.2 Å². The summed E-state index contributed by atoms with van der Waals surface area (Å²) in [6.07, 6.45) is 2.40. The van der Waals surface area contributed by atoms with Gasteiger partial charge in [-0.15, -0.1) is 0 Å². The summed E-state index contributed by atoms with van der Waals surface area (Å²) in [4.78, 5) is 48.9. The Morgan fingerprint density at radius 1 is 1.31 bits per heavy atom. The highest BCUT2D eigenvalue weighted by Crippen LogP contribution is 2.20. The molecule has 0 bridgehead atoms. The van der Waals surface area contributed by atoms with Crippen molar-refractivity contribution < 1.29 is 23.9 Å². The van der Waals surface area contributed by atoms with Gasteiger partial charge in [0, 0.05) is 5.69 Å². The number of hydrogen-bond donors (Lipinski definition) is 1. The fourth-order valence-electron chi connectivity index (χ4n) is 2.36. The molecule has 2 atom stereocenters. The van der Waals surface area contributed by atoms with E-state index in [1.165, 1.54) is 24.9 Å². The van der Waals surface area contributed by atoms with Crippen LogP contribution in [0.3, 0.4) is 0 Å². The van der Waals surface area contributed by atoms with Crippen molar-refractivity contribution in [3.63, 3.8) is 0 Å². The number of benzene rings is 1. The van der Waals surface area contributed by atoms with E-state index >= 15 is 0 Å². The van der Waals surface area contributed by atoms with Crippen LogP contribution in [0.25, 0.3) is 0 Å². The van der Waals surface area contributed by atoms with Crippen LogP contribution in [0.5, 0.6) is 0 Å². The van der Waals surface area contributed by atoms with Crippen LogP contribution in [0.15, 0.2) is 42.1 Å². The maximum Gasteiger partial charge on any atom is 0.419 e. The summed E-state index contributed by atoms with van der Waals surface area (Å²) in [5.41, 5.74) is 1.04. The Kier molecular flexibility index (Phi) is 10.5. The van der Waals surface area contributed by atoms with E-state index in [0.717, 1.165) is 0 Å². The summed E-state index contributed by atoms with van der Waals surface area (Å²) >= 11 is 1.46. The second-order valence-electron chi connectivity index (χ2n) is 5.89. The van der Waals surface area contributed by atoms with E-state index in [-0.39, 0.29) is 13.0 Å². The Hall–Kier alpha value is -2.88. The third-order valence-electron chi connectivity index (χ3n) is 3.92. The number of urea groups is 1. The second kappa shape index (κ2) is 12.6. The number of rotatable bonds is 10. The predicted octanol–water partition coefficient (Wildman–Crippen LogP) is 3.97. The number of nitrogens with zero attached hydrogens (tertiary/aromatic N) is 2. The van der Waals surface area contributed by atoms with Gasteiger partial charge in [-0.2, -0.15) is 16.7 Å². The van der Waals surface area contributed by atoms with Crippen LogP contribution in [-0.4, -0.2) is 54.8 Å². The summed E-state index contributed by atoms with van der Waals surface area (Å²) in [6.45, 7) is 4.98. The number of thioether (sulfide) groups is 1. The molecule has 9 nitrogen and oxygen atoms in total. The molecule has 0 heterocycles. The minimum atomic E-state index is -1.15. The van der Waals surface area contributed by atoms with Crippen molar-refractivity contribution >= 4 is 35.5 Å². The largest absolute Gasteiger partial charge is 0.467 e. The van der Waals surface area contributed by atoms with Gasteiger partial charge in [0.1, 0.15) is 18.7 Å².